The summed E-state index contributed by atoms with van der Waals surface area (Å²) >= 11 is 8.00. The molecule has 1 saturated heterocycles. The second kappa shape index (κ2) is 5.87. The summed E-state index contributed by atoms with van der Waals surface area (Å²) in [7, 11) is 0. The van der Waals surface area contributed by atoms with Crippen LogP contribution >= 0.6 is 23.4 Å². The number of aromatic nitrogens is 1. The van der Waals surface area contributed by atoms with Crippen LogP contribution in [0.2, 0.25) is 5.15 Å². The zero-order chi connectivity index (χ0) is 15.8. The first-order valence-corrected chi connectivity index (χ1v) is 8.70. The van der Waals surface area contributed by atoms with Crippen LogP contribution in [0, 0.1) is 0 Å². The molecule has 0 saturated carbocycles. The average Bonchev–Trinajstić information content (AvgIpc) is 2.96. The van der Waals surface area contributed by atoms with Crippen LogP contribution in [0.5, 0.6) is 0 Å². The number of nitrogens with zero attached hydrogens (tertiary/aromatic N) is 2. The molecule has 1 unspecified atom stereocenters. The number of benzene rings is 2. The molecule has 1 aliphatic rings. The SMILES string of the molecule is O=C1CSC(c2cc3ccccc3nc2Cl)N1c1ccccc1. The number of carbonyl (C=O) groups is 1. The van der Waals surface area contributed by atoms with Crippen molar-refractivity contribution in [1.82, 2.24) is 4.98 Å². The van der Waals surface area contributed by atoms with Crippen molar-refractivity contribution in [2.75, 3.05) is 10.7 Å². The van der Waals surface area contributed by atoms with Crippen LogP contribution in [0.4, 0.5) is 5.69 Å². The lowest BCUT2D eigenvalue weighted by Crippen LogP contribution is -2.28. The molecule has 0 N–H and O–H groups in total. The van der Waals surface area contributed by atoms with E-state index in [9.17, 15) is 4.79 Å². The number of fused-ring (bicyclic) bond motifs is 1. The lowest BCUT2D eigenvalue weighted by molar-refractivity contribution is -0.115. The van der Waals surface area contributed by atoms with Crippen LogP contribution in [0.1, 0.15) is 10.9 Å². The molecule has 5 heteroatoms. The molecule has 1 atom stereocenters. The number of hydrogen-bond acceptors (Lipinski definition) is 3. The Morgan fingerprint density at radius 2 is 1.83 bits per heavy atom. The molecular weight excluding hydrogens is 328 g/mol. The first-order chi connectivity index (χ1) is 11.2. The third-order valence-electron chi connectivity index (χ3n) is 3.87. The zero-order valence-corrected chi connectivity index (χ0v) is 13.7. The Kier molecular flexibility index (Phi) is 3.71. The van der Waals surface area contributed by atoms with Crippen molar-refractivity contribution in [3.63, 3.8) is 0 Å². The summed E-state index contributed by atoms with van der Waals surface area (Å²) < 4.78 is 0. The molecule has 1 aromatic heterocycles. The largest absolute Gasteiger partial charge is 0.295 e. The summed E-state index contributed by atoms with van der Waals surface area (Å²) in [6.07, 6.45) is 0. The van der Waals surface area contributed by atoms with Crippen molar-refractivity contribution in [2.24, 2.45) is 0 Å². The van der Waals surface area contributed by atoms with E-state index in [1.54, 1.807) is 11.8 Å². The third kappa shape index (κ3) is 2.58. The lowest BCUT2D eigenvalue weighted by atomic mass is 10.1. The molecular formula is C18H13ClN2OS. The molecule has 4 rings (SSSR count). The van der Waals surface area contributed by atoms with E-state index in [1.165, 1.54) is 0 Å². The fraction of sp³-hybridized carbons (Fsp3) is 0.111. The molecule has 2 aromatic carbocycles. The summed E-state index contributed by atoms with van der Waals surface area (Å²) in [6, 6.07) is 19.6. The minimum Gasteiger partial charge on any atom is -0.295 e. The number of thioether (sulfide) groups is 1. The Morgan fingerprint density at radius 1 is 1.09 bits per heavy atom. The van der Waals surface area contributed by atoms with Crippen LogP contribution < -0.4 is 4.90 Å². The molecule has 0 bridgehead atoms. The van der Waals surface area contributed by atoms with E-state index in [1.807, 2.05) is 65.6 Å². The minimum absolute atomic E-state index is 0.0930. The van der Waals surface area contributed by atoms with Gasteiger partial charge in [-0.25, -0.2) is 4.98 Å². The highest BCUT2D eigenvalue weighted by Gasteiger charge is 2.35. The van der Waals surface area contributed by atoms with Gasteiger partial charge in [0.2, 0.25) is 5.91 Å². The van der Waals surface area contributed by atoms with Gasteiger partial charge in [-0.15, -0.1) is 11.8 Å². The van der Waals surface area contributed by atoms with Gasteiger partial charge in [0.15, 0.2) is 0 Å². The predicted octanol–water partition coefficient (Wildman–Crippen LogP) is 4.67. The number of halogens is 1. The van der Waals surface area contributed by atoms with Gasteiger partial charge in [-0.05, 0) is 24.3 Å². The Balaban J connectivity index is 1.83. The molecule has 3 aromatic rings. The number of hydrogen-bond donors (Lipinski definition) is 0. The standard InChI is InChI=1S/C18H13ClN2OS/c19-17-14(10-12-6-4-5-9-15(12)20-17)18-21(16(22)11-23-18)13-7-2-1-3-8-13/h1-10,18H,11H2. The van der Waals surface area contributed by atoms with E-state index in [-0.39, 0.29) is 11.3 Å². The van der Waals surface area contributed by atoms with Crippen LogP contribution in [-0.4, -0.2) is 16.6 Å². The molecule has 23 heavy (non-hydrogen) atoms. The highest BCUT2D eigenvalue weighted by atomic mass is 35.5. The molecule has 3 nitrogen and oxygen atoms in total. The quantitative estimate of drug-likeness (QED) is 0.636. The van der Waals surface area contributed by atoms with Crippen LogP contribution in [0.3, 0.4) is 0 Å². The average molecular weight is 341 g/mol. The van der Waals surface area contributed by atoms with Gasteiger partial charge in [-0.2, -0.15) is 0 Å². The molecule has 2 heterocycles. The third-order valence-corrected chi connectivity index (χ3v) is 5.37. The predicted molar refractivity (Wildman–Crippen MR) is 95.9 cm³/mol. The van der Waals surface area contributed by atoms with E-state index >= 15 is 0 Å². The van der Waals surface area contributed by atoms with E-state index in [0.29, 0.717) is 10.9 Å². The maximum absolute atomic E-state index is 12.4. The van der Waals surface area contributed by atoms with Crippen LogP contribution in [-0.2, 0) is 4.79 Å². The fourth-order valence-corrected chi connectivity index (χ4v) is 4.30. The summed E-state index contributed by atoms with van der Waals surface area (Å²) in [6.45, 7) is 0. The van der Waals surface area contributed by atoms with Gasteiger partial charge in [0.05, 0.1) is 11.3 Å². The van der Waals surface area contributed by atoms with Gasteiger partial charge >= 0.3 is 0 Å². The van der Waals surface area contributed by atoms with Crippen LogP contribution in [0.25, 0.3) is 10.9 Å². The fourth-order valence-electron chi connectivity index (χ4n) is 2.80. The van der Waals surface area contributed by atoms with Crippen LogP contribution in [0.15, 0.2) is 60.7 Å². The summed E-state index contributed by atoms with van der Waals surface area (Å²) in [5, 5.41) is 1.34. The van der Waals surface area contributed by atoms with Crippen molar-refractivity contribution in [3.8, 4) is 0 Å². The van der Waals surface area contributed by atoms with Gasteiger partial charge in [0.25, 0.3) is 0 Å². The van der Waals surface area contributed by atoms with Gasteiger partial charge in [0.1, 0.15) is 10.5 Å². The Hall–Kier alpha value is -2.04. The Labute approximate surface area is 143 Å². The Morgan fingerprint density at radius 3 is 2.65 bits per heavy atom. The number of para-hydroxylation sites is 2. The van der Waals surface area contributed by atoms with Gasteiger partial charge < -0.3 is 0 Å². The smallest absolute Gasteiger partial charge is 0.238 e. The first-order valence-electron chi connectivity index (χ1n) is 7.28. The Bertz CT molecular complexity index is 885. The maximum Gasteiger partial charge on any atom is 0.238 e. The lowest BCUT2D eigenvalue weighted by Gasteiger charge is -2.25. The number of rotatable bonds is 2. The van der Waals surface area contributed by atoms with Crippen molar-refractivity contribution < 1.29 is 4.79 Å². The molecule has 0 radical (unpaired) electrons. The zero-order valence-electron chi connectivity index (χ0n) is 12.1. The molecule has 0 aliphatic carbocycles. The second-order valence-corrected chi connectivity index (χ2v) is 6.75. The number of pyridine rings is 1. The van der Waals surface area contributed by atoms with E-state index in [0.717, 1.165) is 22.2 Å². The number of carbonyl (C=O) groups excluding carboxylic acids is 1. The van der Waals surface area contributed by atoms with E-state index < -0.39 is 0 Å². The van der Waals surface area contributed by atoms with Crippen molar-refractivity contribution in [2.45, 2.75) is 5.37 Å². The highest BCUT2D eigenvalue weighted by molar-refractivity contribution is 8.00. The summed E-state index contributed by atoms with van der Waals surface area (Å²) in [5.74, 6) is 0.540. The van der Waals surface area contributed by atoms with Crippen molar-refractivity contribution >= 4 is 45.9 Å². The number of anilines is 1. The normalized spacial score (nSPS) is 17.9. The number of amides is 1. The van der Waals surface area contributed by atoms with Crippen molar-refractivity contribution in [3.05, 3.63) is 71.4 Å². The van der Waals surface area contributed by atoms with Gasteiger partial charge in [0, 0.05) is 16.6 Å². The van der Waals surface area contributed by atoms with Crippen molar-refractivity contribution in [1.29, 1.82) is 0 Å². The highest BCUT2D eigenvalue weighted by Crippen LogP contribution is 2.44. The monoisotopic (exact) mass is 340 g/mol. The van der Waals surface area contributed by atoms with Gasteiger partial charge in [-0.1, -0.05) is 48.0 Å². The maximum atomic E-state index is 12.4. The molecule has 1 fully saturated rings. The van der Waals surface area contributed by atoms with Gasteiger partial charge in [-0.3, -0.25) is 9.69 Å². The van der Waals surface area contributed by atoms with E-state index in [2.05, 4.69) is 4.98 Å². The summed E-state index contributed by atoms with van der Waals surface area (Å²) in [5.41, 5.74) is 2.63. The molecule has 1 aliphatic heterocycles. The molecule has 0 spiro atoms. The minimum atomic E-state index is -0.144. The summed E-state index contributed by atoms with van der Waals surface area (Å²) in [4.78, 5) is 18.7. The molecule has 114 valence electrons. The topological polar surface area (TPSA) is 33.2 Å². The second-order valence-electron chi connectivity index (χ2n) is 5.32. The molecule has 1 amide bonds. The van der Waals surface area contributed by atoms with E-state index in [4.69, 9.17) is 11.6 Å². The first kappa shape index (κ1) is 14.5.